The molecule has 2 fully saturated rings. The van der Waals surface area contributed by atoms with Crippen LogP contribution < -0.4 is 9.80 Å². The molecule has 2 aliphatic rings. The van der Waals surface area contributed by atoms with Gasteiger partial charge in [-0.25, -0.2) is 9.18 Å². The van der Waals surface area contributed by atoms with Crippen molar-refractivity contribution >= 4 is 41.2 Å². The molecule has 174 valence electrons. The lowest BCUT2D eigenvalue weighted by molar-refractivity contribution is 0.0669. The van der Waals surface area contributed by atoms with Gasteiger partial charge >= 0.3 is 6.09 Å². The third-order valence-electron chi connectivity index (χ3n) is 5.84. The number of aryl methyl sites for hydroxylation is 1. The zero-order valence-electron chi connectivity index (χ0n) is 18.3. The first-order chi connectivity index (χ1) is 15.7. The van der Waals surface area contributed by atoms with Gasteiger partial charge in [0.1, 0.15) is 5.82 Å². The van der Waals surface area contributed by atoms with E-state index in [0.717, 1.165) is 5.69 Å². The zero-order valence-corrected chi connectivity index (χ0v) is 19.2. The van der Waals surface area contributed by atoms with Crippen LogP contribution in [-0.4, -0.2) is 78.0 Å². The van der Waals surface area contributed by atoms with Crippen molar-refractivity contribution in [1.29, 1.82) is 0 Å². The van der Waals surface area contributed by atoms with Gasteiger partial charge in [0, 0.05) is 45.1 Å². The lowest BCUT2D eigenvalue weighted by Crippen LogP contribution is -2.49. The lowest BCUT2D eigenvalue weighted by atomic mass is 10.2. The summed E-state index contributed by atoms with van der Waals surface area (Å²) >= 11 is 3.73. The van der Waals surface area contributed by atoms with E-state index >= 15 is 0 Å². The zero-order chi connectivity index (χ0) is 23.7. The molecule has 9 nitrogen and oxygen atoms in total. The number of carbonyl (C=O) groups excluding carboxylic acids is 3. The maximum absolute atomic E-state index is 15.0. The highest BCUT2D eigenvalue weighted by atomic mass is 32.1. The molecule has 3 amide bonds. The van der Waals surface area contributed by atoms with E-state index in [-0.39, 0.29) is 12.5 Å². The van der Waals surface area contributed by atoms with Crippen molar-refractivity contribution < 1.29 is 23.5 Å². The molecule has 0 radical (unpaired) electrons. The van der Waals surface area contributed by atoms with Crippen molar-refractivity contribution in [3.8, 4) is 0 Å². The second-order valence-corrected chi connectivity index (χ2v) is 8.33. The first-order valence-corrected chi connectivity index (χ1v) is 10.9. The Labute approximate surface area is 196 Å². The molecule has 0 bridgehead atoms. The largest absolute Gasteiger partial charge is 0.423 e. The van der Waals surface area contributed by atoms with Gasteiger partial charge in [-0.15, -0.1) is 0 Å². The Balaban J connectivity index is 1.40. The minimum absolute atomic E-state index is 0.0784. The second kappa shape index (κ2) is 9.26. The highest BCUT2D eigenvalue weighted by Crippen LogP contribution is 2.29. The van der Waals surface area contributed by atoms with E-state index in [0.29, 0.717) is 43.1 Å². The number of likely N-dealkylation sites (N-methyl/N-ethyl adjacent to an activating group) is 1. The van der Waals surface area contributed by atoms with Crippen LogP contribution in [0.4, 0.5) is 25.4 Å². The Bertz CT molecular complexity index is 1070. The molecular formula is C22H24FN5O4S. The van der Waals surface area contributed by atoms with E-state index in [4.69, 9.17) is 4.74 Å². The Morgan fingerprint density at radius 3 is 2.52 bits per heavy atom. The molecule has 1 aromatic heterocycles. The quantitative estimate of drug-likeness (QED) is 0.688. The number of nitrogens with zero attached hydrogens (tertiary/aromatic N) is 5. The number of cyclic esters (lactones) is 1. The van der Waals surface area contributed by atoms with Gasteiger partial charge in [-0.2, -0.15) is 0 Å². The molecule has 2 aliphatic heterocycles. The fourth-order valence-corrected chi connectivity index (χ4v) is 3.96. The fourth-order valence-electron chi connectivity index (χ4n) is 3.83. The first-order valence-electron chi connectivity index (χ1n) is 10.4. The van der Waals surface area contributed by atoms with Gasteiger partial charge in [0.25, 0.3) is 11.1 Å². The average molecular weight is 474 g/mol. The standard InChI is InChI=1S/C22H24FN5O4S/c1-14-3-4-15(12-24-14)20(29)27-9-7-26(8-10-27)18-6-5-16(11-17(18)23)28-13-19(32-21(28)30)25(2)22(31)33/h3-6,11-12,19H,7-10,13H2,1-2H3,(H,31,33). The number of pyridine rings is 1. The number of amides is 3. The van der Waals surface area contributed by atoms with Crippen LogP contribution in [0.2, 0.25) is 0 Å². The number of aromatic nitrogens is 1. The number of piperazine rings is 1. The number of anilines is 2. The van der Waals surface area contributed by atoms with Crippen molar-refractivity contribution in [2.75, 3.05) is 49.6 Å². The Morgan fingerprint density at radius 2 is 1.91 bits per heavy atom. The molecule has 3 heterocycles. The van der Waals surface area contributed by atoms with Gasteiger partial charge in [0.15, 0.2) is 6.23 Å². The fraction of sp³-hybridized carbons (Fsp3) is 0.364. The van der Waals surface area contributed by atoms with E-state index < -0.39 is 23.4 Å². The summed E-state index contributed by atoms with van der Waals surface area (Å²) in [5.74, 6) is -0.574. The molecule has 33 heavy (non-hydrogen) atoms. The smallest absolute Gasteiger partial charge is 0.416 e. The molecule has 0 spiro atoms. The van der Waals surface area contributed by atoms with Gasteiger partial charge in [-0.1, -0.05) is 12.6 Å². The highest BCUT2D eigenvalue weighted by Gasteiger charge is 2.36. The van der Waals surface area contributed by atoms with Crippen molar-refractivity contribution in [3.63, 3.8) is 0 Å². The molecule has 1 aromatic carbocycles. The highest BCUT2D eigenvalue weighted by molar-refractivity contribution is 7.96. The molecule has 11 heteroatoms. The summed E-state index contributed by atoms with van der Waals surface area (Å²) in [7, 11) is 1.47. The molecule has 4 rings (SSSR count). The predicted octanol–water partition coefficient (Wildman–Crippen LogP) is 2.76. The normalized spacial score (nSPS) is 18.4. The van der Waals surface area contributed by atoms with E-state index in [9.17, 15) is 18.8 Å². The maximum atomic E-state index is 15.0. The minimum Gasteiger partial charge on any atom is -0.423 e. The third kappa shape index (κ3) is 4.72. The molecule has 2 saturated heterocycles. The maximum Gasteiger partial charge on any atom is 0.416 e. The molecule has 1 atom stereocenters. The summed E-state index contributed by atoms with van der Waals surface area (Å²) in [6, 6.07) is 8.08. The lowest BCUT2D eigenvalue weighted by Gasteiger charge is -2.36. The predicted molar refractivity (Wildman–Crippen MR) is 123 cm³/mol. The van der Waals surface area contributed by atoms with Crippen LogP contribution in [0.1, 0.15) is 16.1 Å². The number of rotatable bonds is 4. The summed E-state index contributed by atoms with van der Waals surface area (Å²) < 4.78 is 20.2. The van der Waals surface area contributed by atoms with Crippen molar-refractivity contribution in [2.45, 2.75) is 13.2 Å². The van der Waals surface area contributed by atoms with Crippen molar-refractivity contribution in [2.24, 2.45) is 0 Å². The van der Waals surface area contributed by atoms with E-state index in [1.165, 1.54) is 22.9 Å². The van der Waals surface area contributed by atoms with Gasteiger partial charge in [0.2, 0.25) is 0 Å². The average Bonchev–Trinajstić information content (AvgIpc) is 3.20. The van der Waals surface area contributed by atoms with Crippen LogP contribution in [0.3, 0.4) is 0 Å². The van der Waals surface area contributed by atoms with E-state index in [1.807, 2.05) is 11.8 Å². The number of thiol groups is 1. The van der Waals surface area contributed by atoms with E-state index in [1.54, 1.807) is 35.4 Å². The number of carbonyl (C=O) groups is 3. The molecule has 2 aromatic rings. The Hall–Kier alpha value is -3.34. The number of hydrogen-bond donors (Lipinski definition) is 1. The van der Waals surface area contributed by atoms with Crippen LogP contribution in [-0.2, 0) is 4.74 Å². The summed E-state index contributed by atoms with van der Waals surface area (Å²) in [4.78, 5) is 46.5. The van der Waals surface area contributed by atoms with Gasteiger partial charge < -0.3 is 14.5 Å². The molecule has 0 aliphatic carbocycles. The molecule has 0 N–H and O–H groups in total. The van der Waals surface area contributed by atoms with Crippen LogP contribution in [0.5, 0.6) is 0 Å². The van der Waals surface area contributed by atoms with Crippen LogP contribution in [0.25, 0.3) is 0 Å². The van der Waals surface area contributed by atoms with Crippen molar-refractivity contribution in [1.82, 2.24) is 14.8 Å². The number of benzene rings is 1. The number of hydrogen-bond acceptors (Lipinski definition) is 6. The topological polar surface area (TPSA) is 86.3 Å². The van der Waals surface area contributed by atoms with Crippen LogP contribution >= 0.6 is 12.6 Å². The summed E-state index contributed by atoms with van der Waals surface area (Å²) in [6.07, 6.45) is 0.117. The Morgan fingerprint density at radius 1 is 1.18 bits per heavy atom. The van der Waals surface area contributed by atoms with E-state index in [2.05, 4.69) is 17.6 Å². The summed E-state index contributed by atoms with van der Waals surface area (Å²) in [5, 5.41) is -0.535. The summed E-state index contributed by atoms with van der Waals surface area (Å²) in [6.45, 7) is 3.80. The van der Waals surface area contributed by atoms with Crippen LogP contribution in [0, 0.1) is 12.7 Å². The molecule has 0 saturated carbocycles. The number of ether oxygens (including phenoxy) is 1. The third-order valence-corrected chi connectivity index (χ3v) is 6.15. The first kappa shape index (κ1) is 22.8. The monoisotopic (exact) mass is 473 g/mol. The molecule has 1 unspecified atom stereocenters. The second-order valence-electron chi connectivity index (χ2n) is 7.95. The van der Waals surface area contributed by atoms with Crippen LogP contribution in [0.15, 0.2) is 36.5 Å². The van der Waals surface area contributed by atoms with Gasteiger partial charge in [-0.3, -0.25) is 24.4 Å². The van der Waals surface area contributed by atoms with Crippen molar-refractivity contribution in [3.05, 3.63) is 53.6 Å². The minimum atomic E-state index is -0.792. The molecular weight excluding hydrogens is 449 g/mol. The van der Waals surface area contributed by atoms with Gasteiger partial charge in [-0.05, 0) is 37.3 Å². The SMILES string of the molecule is Cc1ccc(C(=O)N2CCN(c3ccc(N4CC(N(C)C(=O)S)OC4=O)cc3F)CC2)cn1. The Kier molecular flexibility index (Phi) is 6.41. The number of halogens is 1. The van der Waals surface area contributed by atoms with Gasteiger partial charge in [0.05, 0.1) is 23.5 Å². The summed E-state index contributed by atoms with van der Waals surface area (Å²) in [5.41, 5.74) is 2.11.